The topological polar surface area (TPSA) is 61.6 Å². The first-order valence-electron chi connectivity index (χ1n) is 6.68. The van der Waals surface area contributed by atoms with Gasteiger partial charge in [-0.15, -0.1) is 0 Å². The lowest BCUT2D eigenvalue weighted by Crippen LogP contribution is -2.31. The van der Waals surface area contributed by atoms with Crippen molar-refractivity contribution in [2.45, 2.75) is 18.5 Å². The Hall–Kier alpha value is -1.59. The summed E-state index contributed by atoms with van der Waals surface area (Å²) in [5.74, 6) is -0.111. The van der Waals surface area contributed by atoms with Gasteiger partial charge in [0.15, 0.2) is 0 Å². The summed E-state index contributed by atoms with van der Waals surface area (Å²) in [5, 5.41) is 2.84. The number of carbonyl (C=O) groups excluding carboxylic acids is 1. The Balaban J connectivity index is 1.81. The van der Waals surface area contributed by atoms with Crippen molar-refractivity contribution in [2.75, 3.05) is 37.4 Å². The minimum Gasteiger partial charge on any atom is -0.370 e. The van der Waals surface area contributed by atoms with E-state index in [2.05, 4.69) is 35.3 Å². The molecule has 2 unspecified atom stereocenters. The molecule has 1 amide bonds. The molecule has 19 heavy (non-hydrogen) atoms. The average Bonchev–Trinajstić information content (AvgIpc) is 2.96. The van der Waals surface area contributed by atoms with E-state index < -0.39 is 6.04 Å². The van der Waals surface area contributed by atoms with Crippen LogP contribution in [0.4, 0.5) is 11.4 Å². The summed E-state index contributed by atoms with van der Waals surface area (Å²) in [7, 11) is 4.24. The number of rotatable bonds is 2. The Morgan fingerprint density at radius 1 is 1.42 bits per heavy atom. The van der Waals surface area contributed by atoms with Gasteiger partial charge in [0.25, 0.3) is 0 Å². The number of hydrogen-bond donors (Lipinski definition) is 2. The van der Waals surface area contributed by atoms with Crippen LogP contribution in [0.5, 0.6) is 0 Å². The maximum absolute atomic E-state index is 11.5. The highest BCUT2D eigenvalue weighted by atomic mass is 16.2. The number of likely N-dealkylation sites (N-methyl/N-ethyl adjacent to an activating group) is 1. The van der Waals surface area contributed by atoms with E-state index in [1.165, 1.54) is 6.42 Å². The highest BCUT2D eigenvalue weighted by molar-refractivity contribution is 6.02. The third-order valence-electron chi connectivity index (χ3n) is 4.17. The molecule has 1 aromatic carbocycles. The van der Waals surface area contributed by atoms with Gasteiger partial charge in [-0.1, -0.05) is 6.07 Å². The highest BCUT2D eigenvalue weighted by Crippen LogP contribution is 2.33. The van der Waals surface area contributed by atoms with Crippen LogP contribution in [0.3, 0.4) is 0 Å². The Kier molecular flexibility index (Phi) is 2.95. The summed E-state index contributed by atoms with van der Waals surface area (Å²) in [6.07, 6.45) is 1.18. The molecule has 1 aromatic rings. The van der Waals surface area contributed by atoms with E-state index in [1.807, 2.05) is 12.1 Å². The zero-order chi connectivity index (χ0) is 13.6. The van der Waals surface area contributed by atoms with Crippen molar-refractivity contribution in [3.63, 3.8) is 0 Å². The summed E-state index contributed by atoms with van der Waals surface area (Å²) >= 11 is 0. The second-order valence-corrected chi connectivity index (χ2v) is 5.59. The summed E-state index contributed by atoms with van der Waals surface area (Å²) in [4.78, 5) is 16.2. The van der Waals surface area contributed by atoms with Gasteiger partial charge in [0.1, 0.15) is 6.04 Å². The van der Waals surface area contributed by atoms with Crippen molar-refractivity contribution in [1.29, 1.82) is 0 Å². The lowest BCUT2D eigenvalue weighted by Gasteiger charge is -2.22. The summed E-state index contributed by atoms with van der Waals surface area (Å²) < 4.78 is 0. The molecule has 1 fully saturated rings. The first-order valence-corrected chi connectivity index (χ1v) is 6.68. The lowest BCUT2D eigenvalue weighted by molar-refractivity contribution is -0.116. The van der Waals surface area contributed by atoms with Crippen LogP contribution in [-0.4, -0.2) is 44.0 Å². The van der Waals surface area contributed by atoms with Crippen molar-refractivity contribution >= 4 is 17.3 Å². The van der Waals surface area contributed by atoms with Gasteiger partial charge in [0.2, 0.25) is 5.91 Å². The molecule has 0 bridgehead atoms. The summed E-state index contributed by atoms with van der Waals surface area (Å²) in [5.41, 5.74) is 8.75. The molecule has 0 aromatic heterocycles. The first kappa shape index (κ1) is 12.4. The second kappa shape index (κ2) is 4.51. The first-order chi connectivity index (χ1) is 9.06. The standard InChI is InChI=1S/C14H20N4O/c1-17(2)10-5-6-18(8-10)9-3-4-11-12(7-9)16-14(19)13(11)15/h3-4,7,10,13H,5-6,8,15H2,1-2H3,(H,16,19). The number of nitrogens with two attached hydrogens (primary N) is 1. The molecule has 102 valence electrons. The van der Waals surface area contributed by atoms with Gasteiger partial charge in [0, 0.05) is 36.1 Å². The molecule has 2 heterocycles. The molecule has 0 aliphatic carbocycles. The van der Waals surface area contributed by atoms with Crippen molar-refractivity contribution in [1.82, 2.24) is 4.90 Å². The fourth-order valence-electron chi connectivity index (χ4n) is 2.87. The Morgan fingerprint density at radius 2 is 2.21 bits per heavy atom. The van der Waals surface area contributed by atoms with Crippen molar-refractivity contribution < 1.29 is 4.79 Å². The lowest BCUT2D eigenvalue weighted by atomic mass is 10.1. The molecule has 0 spiro atoms. The largest absolute Gasteiger partial charge is 0.370 e. The molecule has 3 N–H and O–H groups in total. The average molecular weight is 260 g/mol. The Bertz CT molecular complexity index is 514. The van der Waals surface area contributed by atoms with E-state index in [4.69, 9.17) is 5.73 Å². The molecular weight excluding hydrogens is 240 g/mol. The summed E-state index contributed by atoms with van der Waals surface area (Å²) in [6, 6.07) is 6.16. The minimum atomic E-state index is -0.517. The zero-order valence-corrected chi connectivity index (χ0v) is 11.4. The van der Waals surface area contributed by atoms with Gasteiger partial charge >= 0.3 is 0 Å². The van der Waals surface area contributed by atoms with Crippen molar-refractivity contribution in [3.05, 3.63) is 23.8 Å². The van der Waals surface area contributed by atoms with Crippen LogP contribution in [0.2, 0.25) is 0 Å². The number of carbonyl (C=O) groups is 1. The molecule has 3 rings (SSSR count). The van der Waals surface area contributed by atoms with Crippen LogP contribution >= 0.6 is 0 Å². The van der Waals surface area contributed by atoms with Crippen molar-refractivity contribution in [2.24, 2.45) is 5.73 Å². The Morgan fingerprint density at radius 3 is 2.89 bits per heavy atom. The van der Waals surface area contributed by atoms with E-state index in [-0.39, 0.29) is 5.91 Å². The third kappa shape index (κ3) is 2.09. The van der Waals surface area contributed by atoms with Crippen LogP contribution in [0.15, 0.2) is 18.2 Å². The molecule has 2 aliphatic rings. The van der Waals surface area contributed by atoms with Gasteiger partial charge in [-0.2, -0.15) is 0 Å². The second-order valence-electron chi connectivity index (χ2n) is 5.59. The van der Waals surface area contributed by atoms with E-state index in [0.717, 1.165) is 30.0 Å². The van der Waals surface area contributed by atoms with E-state index in [1.54, 1.807) is 0 Å². The third-order valence-corrected chi connectivity index (χ3v) is 4.17. The minimum absolute atomic E-state index is 0.111. The number of nitrogens with one attached hydrogen (secondary N) is 1. The maximum atomic E-state index is 11.5. The molecular formula is C14H20N4O. The quantitative estimate of drug-likeness (QED) is 0.825. The molecule has 0 saturated carbocycles. The van der Waals surface area contributed by atoms with E-state index in [9.17, 15) is 4.79 Å². The number of hydrogen-bond acceptors (Lipinski definition) is 4. The van der Waals surface area contributed by atoms with Gasteiger partial charge < -0.3 is 20.9 Å². The van der Waals surface area contributed by atoms with E-state index >= 15 is 0 Å². The van der Waals surface area contributed by atoms with Crippen LogP contribution in [0, 0.1) is 0 Å². The molecule has 2 aliphatic heterocycles. The summed E-state index contributed by atoms with van der Waals surface area (Å²) in [6.45, 7) is 2.09. The van der Waals surface area contributed by atoms with Gasteiger partial charge in [-0.3, -0.25) is 4.79 Å². The normalized spacial score (nSPS) is 25.9. The predicted molar refractivity (Wildman–Crippen MR) is 76.3 cm³/mol. The monoisotopic (exact) mass is 260 g/mol. The molecule has 0 radical (unpaired) electrons. The molecule has 1 saturated heterocycles. The van der Waals surface area contributed by atoms with Crippen LogP contribution in [-0.2, 0) is 4.79 Å². The molecule has 5 heteroatoms. The van der Waals surface area contributed by atoms with E-state index in [0.29, 0.717) is 6.04 Å². The predicted octanol–water partition coefficient (Wildman–Crippen LogP) is 0.779. The fourth-order valence-corrected chi connectivity index (χ4v) is 2.87. The van der Waals surface area contributed by atoms with Gasteiger partial charge in [-0.05, 0) is 32.6 Å². The number of amides is 1. The van der Waals surface area contributed by atoms with Crippen LogP contribution in [0.1, 0.15) is 18.0 Å². The van der Waals surface area contributed by atoms with Gasteiger partial charge in [-0.25, -0.2) is 0 Å². The number of anilines is 2. The van der Waals surface area contributed by atoms with Crippen LogP contribution < -0.4 is 16.0 Å². The van der Waals surface area contributed by atoms with Crippen molar-refractivity contribution in [3.8, 4) is 0 Å². The van der Waals surface area contributed by atoms with Gasteiger partial charge in [0.05, 0.1) is 0 Å². The zero-order valence-electron chi connectivity index (χ0n) is 11.4. The van der Waals surface area contributed by atoms with Crippen LogP contribution in [0.25, 0.3) is 0 Å². The SMILES string of the molecule is CN(C)C1CCN(c2ccc3c(c2)NC(=O)C3N)C1. The number of benzene rings is 1. The fraction of sp³-hybridized carbons (Fsp3) is 0.500. The number of fused-ring (bicyclic) bond motifs is 1. The number of nitrogens with zero attached hydrogens (tertiary/aromatic N) is 2. The smallest absolute Gasteiger partial charge is 0.245 e. The molecule has 2 atom stereocenters. The Labute approximate surface area is 113 Å². The maximum Gasteiger partial charge on any atom is 0.245 e. The highest BCUT2D eigenvalue weighted by Gasteiger charge is 2.29. The molecule has 5 nitrogen and oxygen atoms in total.